The summed E-state index contributed by atoms with van der Waals surface area (Å²) in [5.41, 5.74) is 0.0268. The van der Waals surface area contributed by atoms with E-state index in [1.54, 1.807) is 14.0 Å². The van der Waals surface area contributed by atoms with Gasteiger partial charge in [0.2, 0.25) is 12.2 Å². The number of nitrogens with zero attached hydrogens (tertiary/aromatic N) is 8. The van der Waals surface area contributed by atoms with E-state index in [9.17, 15) is 41.4 Å². The second-order valence-electron chi connectivity index (χ2n) is 10.6. The minimum Gasteiger partial charge on any atom is -0.504 e. The van der Waals surface area contributed by atoms with E-state index in [-0.39, 0.29) is 71.4 Å². The van der Waals surface area contributed by atoms with E-state index < -0.39 is 35.9 Å². The monoisotopic (exact) mass is 732 g/mol. The zero-order valence-corrected chi connectivity index (χ0v) is 28.9. The number of rotatable bonds is 9. The molecule has 2 amide bonds. The summed E-state index contributed by atoms with van der Waals surface area (Å²) in [6, 6.07) is -1.10. The first kappa shape index (κ1) is 41.1. The molecular weight excluding hydrogens is 695 g/mol. The van der Waals surface area contributed by atoms with Gasteiger partial charge >= 0.3 is 12.2 Å². The Hall–Kier alpha value is -5.07. The highest BCUT2D eigenvalue weighted by molar-refractivity contribution is 6.33. The summed E-state index contributed by atoms with van der Waals surface area (Å²) < 4.78 is 65.7. The second-order valence-corrected chi connectivity index (χ2v) is 11.0. The zero-order chi connectivity index (χ0) is 38.0. The number of carbonyl (C=O) groups excluding carboxylic acids is 3. The fourth-order valence-corrected chi connectivity index (χ4v) is 4.74. The molecule has 274 valence electrons. The van der Waals surface area contributed by atoms with E-state index >= 15 is 0 Å². The van der Waals surface area contributed by atoms with Crippen molar-refractivity contribution >= 4 is 48.1 Å². The van der Waals surface area contributed by atoms with Gasteiger partial charge in [0.05, 0.1) is 22.0 Å². The molecule has 50 heavy (non-hydrogen) atoms. The third kappa shape index (κ3) is 9.99. The molecule has 0 radical (unpaired) electrons. The predicted octanol–water partition coefficient (Wildman–Crippen LogP) is 3.64. The molecule has 0 atom stereocenters. The number of guanidine groups is 1. The molecule has 1 aliphatic heterocycles. The number of aromatic nitrogens is 2. The molecule has 0 saturated carbocycles. The molecule has 0 spiro atoms. The number of amides is 2. The van der Waals surface area contributed by atoms with Gasteiger partial charge in [-0.1, -0.05) is 18.5 Å². The predicted molar refractivity (Wildman–Crippen MR) is 177 cm³/mol. The van der Waals surface area contributed by atoms with Crippen LogP contribution >= 0.6 is 11.6 Å². The van der Waals surface area contributed by atoms with Crippen LogP contribution < -0.4 is 10.6 Å². The number of halogens is 6. The largest absolute Gasteiger partial charge is 0.504 e. The van der Waals surface area contributed by atoms with Crippen molar-refractivity contribution in [2.45, 2.75) is 32.5 Å². The van der Waals surface area contributed by atoms with Crippen LogP contribution in [0.25, 0.3) is 0 Å². The van der Waals surface area contributed by atoms with E-state index in [1.165, 1.54) is 55.2 Å². The van der Waals surface area contributed by atoms with Gasteiger partial charge in [0.15, 0.2) is 11.4 Å². The van der Waals surface area contributed by atoms with Crippen molar-refractivity contribution < 1.29 is 41.4 Å². The third-order valence-electron chi connectivity index (χ3n) is 7.15. The molecule has 1 saturated heterocycles. The maximum atomic E-state index is 14.7. The first-order valence-electron chi connectivity index (χ1n) is 14.8. The number of aliphatic imine (C=N–C) groups is 1. The van der Waals surface area contributed by atoms with Gasteiger partial charge in [-0.3, -0.25) is 14.4 Å². The highest BCUT2D eigenvalue weighted by atomic mass is 35.5. The lowest BCUT2D eigenvalue weighted by atomic mass is 10.1. The van der Waals surface area contributed by atoms with Crippen molar-refractivity contribution in [1.82, 2.24) is 35.0 Å². The molecule has 20 heteroatoms. The van der Waals surface area contributed by atoms with Crippen molar-refractivity contribution in [1.29, 1.82) is 0 Å². The van der Waals surface area contributed by atoms with Gasteiger partial charge in [-0.15, -0.1) is 5.10 Å². The van der Waals surface area contributed by atoms with Gasteiger partial charge in [-0.2, -0.15) is 27.0 Å². The van der Waals surface area contributed by atoms with Crippen molar-refractivity contribution in [3.8, 4) is 5.75 Å². The molecule has 3 N–H and O–H groups in total. The molecule has 3 rings (SSSR count). The Balaban J connectivity index is 0.000000557. The maximum Gasteiger partial charge on any atom is 0.416 e. The van der Waals surface area contributed by atoms with Gasteiger partial charge in [0.1, 0.15) is 12.0 Å². The molecule has 0 unspecified atom stereocenters. The first-order chi connectivity index (χ1) is 23.4. The number of carbonyl (C=O) groups is 3. The highest BCUT2D eigenvalue weighted by Gasteiger charge is 2.45. The van der Waals surface area contributed by atoms with E-state index in [0.29, 0.717) is 11.4 Å². The molecule has 14 nitrogen and oxygen atoms in total. The van der Waals surface area contributed by atoms with E-state index in [4.69, 9.17) is 11.6 Å². The molecular formula is C30H38ClF5N10O4. The van der Waals surface area contributed by atoms with Crippen LogP contribution in [-0.4, -0.2) is 126 Å². The topological polar surface area (TPSA) is 159 Å². The van der Waals surface area contributed by atoms with Crippen molar-refractivity contribution in [2.24, 2.45) is 10.1 Å². The minimum atomic E-state index is -4.34. The summed E-state index contributed by atoms with van der Waals surface area (Å²) in [4.78, 5) is 53.1. The molecule has 1 aliphatic rings. The Labute approximate surface area is 290 Å². The Morgan fingerprint density at radius 2 is 1.70 bits per heavy atom. The lowest BCUT2D eigenvalue weighted by Gasteiger charge is -2.38. The smallest absolute Gasteiger partial charge is 0.416 e. The Morgan fingerprint density at radius 1 is 1.10 bits per heavy atom. The fourth-order valence-electron chi connectivity index (χ4n) is 4.47. The molecule has 1 aromatic carbocycles. The zero-order valence-electron chi connectivity index (χ0n) is 28.1. The van der Waals surface area contributed by atoms with E-state index in [0.717, 1.165) is 12.1 Å². The van der Waals surface area contributed by atoms with Crippen LogP contribution in [0, 0.1) is 6.92 Å². The summed E-state index contributed by atoms with van der Waals surface area (Å²) in [5, 5.41) is 19.2. The number of alkyl halides is 5. The molecule has 0 bridgehead atoms. The number of piperazine rings is 1. The number of aryl methyl sites for hydroxylation is 1. The third-order valence-corrected chi connectivity index (χ3v) is 7.46. The Kier molecular flexibility index (Phi) is 14.4. The number of aromatic hydroxyl groups is 1. The number of allylic oxidation sites excluding steroid dienone is 1. The average Bonchev–Trinajstić information content (AvgIpc) is 3.08. The van der Waals surface area contributed by atoms with Crippen molar-refractivity contribution in [2.75, 3.05) is 59.7 Å². The molecule has 1 aromatic heterocycles. The van der Waals surface area contributed by atoms with E-state index in [2.05, 4.69) is 37.4 Å². The number of hydrogen-bond acceptors (Lipinski definition) is 10. The van der Waals surface area contributed by atoms with Gasteiger partial charge < -0.3 is 30.4 Å². The quantitative estimate of drug-likeness (QED) is 0.0661. The number of nitrogens with one attached hydrogen (secondary N) is 2. The average molecular weight is 733 g/mol. The Morgan fingerprint density at radius 3 is 2.16 bits per heavy atom. The number of aldehydes is 1. The summed E-state index contributed by atoms with van der Waals surface area (Å²) in [6.45, 7) is 6.91. The summed E-state index contributed by atoms with van der Waals surface area (Å²) >= 11 is 5.57. The van der Waals surface area contributed by atoms with Crippen molar-refractivity contribution in [3.05, 3.63) is 57.9 Å². The lowest BCUT2D eigenvalue weighted by molar-refractivity contribution is -0.174. The van der Waals surface area contributed by atoms with Crippen LogP contribution in [0.4, 0.5) is 27.6 Å². The second kappa shape index (κ2) is 17.5. The van der Waals surface area contributed by atoms with Gasteiger partial charge in [-0.25, -0.2) is 15.0 Å². The van der Waals surface area contributed by atoms with Crippen LogP contribution in [-0.2, 0) is 15.8 Å². The maximum absolute atomic E-state index is 14.7. The highest BCUT2D eigenvalue weighted by Crippen LogP contribution is 2.33. The number of benzene rings is 1. The number of anilines is 1. The van der Waals surface area contributed by atoms with Gasteiger partial charge in [-0.05, 0) is 38.3 Å². The number of hydrazone groups is 1. The molecule has 2 heterocycles. The van der Waals surface area contributed by atoms with Crippen molar-refractivity contribution in [3.63, 3.8) is 0 Å². The molecule has 0 aliphatic carbocycles. The normalized spacial score (nSPS) is 14.1. The van der Waals surface area contributed by atoms with Crippen LogP contribution in [0.1, 0.15) is 35.1 Å². The summed E-state index contributed by atoms with van der Waals surface area (Å²) in [5.74, 6) is -2.41. The molecule has 2 aromatic rings. The van der Waals surface area contributed by atoms with Crippen LogP contribution in [0.2, 0.25) is 5.02 Å². The van der Waals surface area contributed by atoms with Crippen LogP contribution in [0.3, 0.4) is 0 Å². The molecule has 1 fully saturated rings. The van der Waals surface area contributed by atoms with Gasteiger partial charge in [0, 0.05) is 60.1 Å². The summed E-state index contributed by atoms with van der Waals surface area (Å²) in [7, 11) is 6.05. The fraction of sp³-hybridized carbons (Fsp3) is 0.433. The van der Waals surface area contributed by atoms with Crippen LogP contribution in [0.15, 0.2) is 46.0 Å². The number of hydrogen-bond donors (Lipinski definition) is 3. The minimum absolute atomic E-state index is 0.0670. The van der Waals surface area contributed by atoms with Crippen LogP contribution in [0.5, 0.6) is 5.75 Å². The SMILES string of the molecule is C=N/C(=N\N(C(=O)/C(=C(/CC)NC)N1CCN(C(=O)c2ncnc(C)c2O)CC1)C(F)(F)C=O)N(C)C.CNc1ccc(C(F)(F)F)cc1Cl. The van der Waals surface area contributed by atoms with E-state index in [1.807, 2.05) is 0 Å². The Bertz CT molecular complexity index is 1610. The standard InChI is InChI=1S/C22H31F2N9O4.C8H7ClF3N/c1-7-15(25-3)17(20(37)33(22(23,24)12-34)29-21(26-4)30(5)6)31-8-10-32(11-9-31)19(36)16-18(35)14(2)27-13-28-16;1-13-7-3-2-5(4-6(7)9)8(10,11)12/h12-13,25,35H,4,7-11H2,1-3,5-6H3;2-4,13H,1H3/b17-15+,29-21+;. The first-order valence-corrected chi connectivity index (χ1v) is 15.2. The summed E-state index contributed by atoms with van der Waals surface area (Å²) in [6.07, 6.45) is -3.58. The van der Waals surface area contributed by atoms with Gasteiger partial charge in [0.25, 0.3) is 11.8 Å². The lowest BCUT2D eigenvalue weighted by Crippen LogP contribution is -2.53.